The number of carbonyl (C=O) groups is 1. The second-order valence-electron chi connectivity index (χ2n) is 6.70. The normalized spacial score (nSPS) is 10.7. The van der Waals surface area contributed by atoms with Gasteiger partial charge in [0.1, 0.15) is 0 Å². The molecule has 1 N–H and O–H groups in total. The minimum Gasteiger partial charge on any atom is -0.493 e. The first-order valence-corrected chi connectivity index (χ1v) is 9.35. The number of anilines is 1. The number of nitrogens with one attached hydrogen (secondary N) is 1. The van der Waals surface area contributed by atoms with Crippen LogP contribution in [0.5, 0.6) is 11.5 Å². The first kappa shape index (κ1) is 18.6. The molecule has 5 heteroatoms. The number of hydrogen-bond donors (Lipinski definition) is 1. The lowest BCUT2D eigenvalue weighted by Crippen LogP contribution is -2.11. The molecular formula is C24H22N2O3. The van der Waals surface area contributed by atoms with E-state index in [4.69, 9.17) is 9.47 Å². The number of methoxy groups -OCH3 is 2. The molecule has 0 aliphatic rings. The maximum atomic E-state index is 13.1. The largest absolute Gasteiger partial charge is 0.493 e. The average Bonchev–Trinajstić information content (AvgIpc) is 3.13. The van der Waals surface area contributed by atoms with Crippen molar-refractivity contribution in [3.05, 3.63) is 90.1 Å². The fourth-order valence-electron chi connectivity index (χ4n) is 3.45. The van der Waals surface area contributed by atoms with Gasteiger partial charge >= 0.3 is 0 Å². The highest BCUT2D eigenvalue weighted by Gasteiger charge is 2.16. The molecule has 0 aliphatic carbocycles. The third-order valence-electron chi connectivity index (χ3n) is 4.87. The summed E-state index contributed by atoms with van der Waals surface area (Å²) >= 11 is 0. The summed E-state index contributed by atoms with van der Waals surface area (Å²) in [6.07, 6.45) is 1.91. The van der Waals surface area contributed by atoms with Gasteiger partial charge in [-0.25, -0.2) is 0 Å². The maximum Gasteiger partial charge on any atom is 0.257 e. The van der Waals surface area contributed by atoms with Crippen LogP contribution < -0.4 is 14.8 Å². The number of carbonyl (C=O) groups excluding carboxylic acids is 1. The topological polar surface area (TPSA) is 52.5 Å². The van der Waals surface area contributed by atoms with Gasteiger partial charge in [0.05, 0.1) is 19.8 Å². The van der Waals surface area contributed by atoms with Crippen LogP contribution in [0.1, 0.15) is 15.9 Å². The number of benzene rings is 3. The Morgan fingerprint density at radius 1 is 0.897 bits per heavy atom. The summed E-state index contributed by atoms with van der Waals surface area (Å²) in [5.41, 5.74) is 3.48. The molecule has 4 rings (SSSR count). The van der Waals surface area contributed by atoms with E-state index in [2.05, 4.69) is 22.0 Å². The molecule has 0 unspecified atom stereocenters. The van der Waals surface area contributed by atoms with E-state index in [9.17, 15) is 4.79 Å². The molecule has 3 aromatic carbocycles. The van der Waals surface area contributed by atoms with Crippen molar-refractivity contribution < 1.29 is 14.3 Å². The van der Waals surface area contributed by atoms with Crippen LogP contribution in [0.15, 0.2) is 79.0 Å². The monoisotopic (exact) mass is 386 g/mol. The maximum absolute atomic E-state index is 13.1. The lowest BCUT2D eigenvalue weighted by molar-refractivity contribution is 0.102. The second-order valence-corrected chi connectivity index (χ2v) is 6.70. The average molecular weight is 386 g/mol. The Hall–Kier alpha value is -3.73. The van der Waals surface area contributed by atoms with Gasteiger partial charge in [-0.05, 0) is 23.8 Å². The van der Waals surface area contributed by atoms with Gasteiger partial charge in [0.15, 0.2) is 11.5 Å². The summed E-state index contributed by atoms with van der Waals surface area (Å²) in [5.74, 6) is 1.02. The molecule has 1 aromatic heterocycles. The van der Waals surface area contributed by atoms with Crippen LogP contribution >= 0.6 is 0 Å². The predicted molar refractivity (Wildman–Crippen MR) is 115 cm³/mol. The fourth-order valence-corrected chi connectivity index (χ4v) is 3.45. The van der Waals surface area contributed by atoms with Crippen molar-refractivity contribution in [1.29, 1.82) is 0 Å². The van der Waals surface area contributed by atoms with E-state index in [1.807, 2.05) is 48.7 Å². The molecule has 1 amide bonds. The number of ether oxygens (including phenoxy) is 2. The van der Waals surface area contributed by atoms with Crippen LogP contribution in [0.25, 0.3) is 10.9 Å². The molecule has 0 aliphatic heterocycles. The summed E-state index contributed by atoms with van der Waals surface area (Å²) in [6, 6.07) is 23.5. The SMILES string of the molecule is COc1ccc(NC(=O)c2cn(Cc3ccccc3)c3ccccc23)cc1OC. The molecule has 5 nitrogen and oxygen atoms in total. The van der Waals surface area contributed by atoms with Gasteiger partial charge in [-0.2, -0.15) is 0 Å². The Kier molecular flexibility index (Phi) is 5.20. The number of fused-ring (bicyclic) bond motifs is 1. The minimum absolute atomic E-state index is 0.166. The number of hydrogen-bond acceptors (Lipinski definition) is 3. The molecule has 0 fully saturated rings. The minimum atomic E-state index is -0.166. The number of rotatable bonds is 6. The highest BCUT2D eigenvalue weighted by atomic mass is 16.5. The van der Waals surface area contributed by atoms with E-state index in [0.29, 0.717) is 29.3 Å². The van der Waals surface area contributed by atoms with E-state index in [1.54, 1.807) is 32.4 Å². The molecule has 146 valence electrons. The van der Waals surface area contributed by atoms with Crippen molar-refractivity contribution in [2.24, 2.45) is 0 Å². The Morgan fingerprint density at radius 3 is 2.38 bits per heavy atom. The van der Waals surface area contributed by atoms with Gasteiger partial charge in [-0.3, -0.25) is 4.79 Å². The summed E-state index contributed by atoms with van der Waals surface area (Å²) in [4.78, 5) is 13.1. The van der Waals surface area contributed by atoms with E-state index in [-0.39, 0.29) is 5.91 Å². The lowest BCUT2D eigenvalue weighted by atomic mass is 10.1. The second kappa shape index (κ2) is 8.10. The van der Waals surface area contributed by atoms with E-state index >= 15 is 0 Å². The molecule has 0 atom stereocenters. The van der Waals surface area contributed by atoms with Gasteiger partial charge in [-0.1, -0.05) is 48.5 Å². The van der Waals surface area contributed by atoms with E-state index in [1.165, 1.54) is 5.56 Å². The number of aromatic nitrogens is 1. The van der Waals surface area contributed by atoms with Crippen LogP contribution in [0.2, 0.25) is 0 Å². The molecule has 0 bridgehead atoms. The molecule has 0 saturated carbocycles. The highest BCUT2D eigenvalue weighted by Crippen LogP contribution is 2.30. The lowest BCUT2D eigenvalue weighted by Gasteiger charge is -2.10. The van der Waals surface area contributed by atoms with Crippen molar-refractivity contribution >= 4 is 22.5 Å². The summed E-state index contributed by atoms with van der Waals surface area (Å²) in [7, 11) is 3.15. The van der Waals surface area contributed by atoms with Crippen LogP contribution in [0.3, 0.4) is 0 Å². The quantitative estimate of drug-likeness (QED) is 0.510. The van der Waals surface area contributed by atoms with Crippen LogP contribution in [0, 0.1) is 0 Å². The zero-order chi connectivity index (χ0) is 20.2. The summed E-state index contributed by atoms with van der Waals surface area (Å²) in [6.45, 7) is 0.699. The van der Waals surface area contributed by atoms with Crippen LogP contribution in [0.4, 0.5) is 5.69 Å². The fraction of sp³-hybridized carbons (Fsp3) is 0.125. The summed E-state index contributed by atoms with van der Waals surface area (Å²) in [5, 5.41) is 3.88. The smallest absolute Gasteiger partial charge is 0.257 e. The van der Waals surface area contributed by atoms with Gasteiger partial charge in [0.25, 0.3) is 5.91 Å². The van der Waals surface area contributed by atoms with Gasteiger partial charge in [0, 0.05) is 35.4 Å². The Labute approximate surface area is 169 Å². The Balaban J connectivity index is 1.66. The van der Waals surface area contributed by atoms with Crippen molar-refractivity contribution in [1.82, 2.24) is 4.57 Å². The molecule has 29 heavy (non-hydrogen) atoms. The third kappa shape index (κ3) is 3.80. The van der Waals surface area contributed by atoms with Crippen molar-refractivity contribution in [2.45, 2.75) is 6.54 Å². The molecule has 0 radical (unpaired) electrons. The van der Waals surface area contributed by atoms with Crippen molar-refractivity contribution in [2.75, 3.05) is 19.5 Å². The van der Waals surface area contributed by atoms with Crippen molar-refractivity contribution in [3.8, 4) is 11.5 Å². The zero-order valence-corrected chi connectivity index (χ0v) is 16.4. The molecule has 0 spiro atoms. The van der Waals surface area contributed by atoms with Gasteiger partial charge in [0.2, 0.25) is 0 Å². The van der Waals surface area contributed by atoms with Gasteiger partial charge < -0.3 is 19.4 Å². The molecular weight excluding hydrogens is 364 g/mol. The molecule has 1 heterocycles. The Bertz CT molecular complexity index is 1150. The predicted octanol–water partition coefficient (Wildman–Crippen LogP) is 4.96. The summed E-state index contributed by atoms with van der Waals surface area (Å²) < 4.78 is 12.7. The first-order chi connectivity index (χ1) is 14.2. The molecule has 4 aromatic rings. The van der Waals surface area contributed by atoms with E-state index in [0.717, 1.165) is 10.9 Å². The third-order valence-corrected chi connectivity index (χ3v) is 4.87. The van der Waals surface area contributed by atoms with Crippen LogP contribution in [-0.2, 0) is 6.54 Å². The van der Waals surface area contributed by atoms with E-state index < -0.39 is 0 Å². The van der Waals surface area contributed by atoms with Gasteiger partial charge in [-0.15, -0.1) is 0 Å². The standard InChI is InChI=1S/C24H22N2O3/c1-28-22-13-12-18(14-23(22)29-2)25-24(27)20-16-26(15-17-8-4-3-5-9-17)21-11-7-6-10-19(20)21/h3-14,16H,15H2,1-2H3,(H,25,27). The number of nitrogens with zero attached hydrogens (tertiary/aromatic N) is 1. The number of amides is 1. The number of para-hydroxylation sites is 1. The van der Waals surface area contributed by atoms with Crippen molar-refractivity contribution in [3.63, 3.8) is 0 Å². The molecule has 0 saturated heterocycles. The highest BCUT2D eigenvalue weighted by molar-refractivity contribution is 6.13. The zero-order valence-electron chi connectivity index (χ0n) is 16.4. The first-order valence-electron chi connectivity index (χ1n) is 9.35. The van der Waals surface area contributed by atoms with Crippen LogP contribution in [-0.4, -0.2) is 24.7 Å². The Morgan fingerprint density at radius 2 is 1.62 bits per heavy atom.